The Morgan fingerprint density at radius 3 is 2.67 bits per heavy atom. The van der Waals surface area contributed by atoms with E-state index < -0.39 is 0 Å². The second-order valence-electron chi connectivity index (χ2n) is 3.67. The zero-order valence-electron chi connectivity index (χ0n) is 9.43. The van der Waals surface area contributed by atoms with Crippen LogP contribution in [-0.2, 0) is 0 Å². The van der Waals surface area contributed by atoms with Gasteiger partial charge in [0.25, 0.3) is 0 Å². The molecule has 0 spiro atoms. The molecule has 3 aromatic rings. The fourth-order valence-corrected chi connectivity index (χ4v) is 1.69. The molecule has 2 N–H and O–H groups in total. The molecule has 0 aliphatic rings. The second kappa shape index (κ2) is 4.25. The van der Waals surface area contributed by atoms with Crippen LogP contribution in [0.2, 0.25) is 0 Å². The third kappa shape index (κ3) is 1.80. The Labute approximate surface area is 103 Å². The summed E-state index contributed by atoms with van der Waals surface area (Å²) in [6, 6.07) is 11.5. The van der Waals surface area contributed by atoms with Crippen molar-refractivity contribution in [1.29, 1.82) is 0 Å². The number of para-hydroxylation sites is 1. The van der Waals surface area contributed by atoms with Gasteiger partial charge in [-0.1, -0.05) is 23.4 Å². The van der Waals surface area contributed by atoms with Crippen molar-refractivity contribution in [1.82, 2.24) is 25.0 Å². The molecule has 0 radical (unpaired) electrons. The van der Waals surface area contributed by atoms with E-state index in [4.69, 9.17) is 5.73 Å². The lowest BCUT2D eigenvalue weighted by Gasteiger charge is -2.05. The molecule has 18 heavy (non-hydrogen) atoms. The van der Waals surface area contributed by atoms with E-state index in [2.05, 4.69) is 20.3 Å². The molecule has 0 saturated carbocycles. The Balaban J connectivity index is 2.13. The number of hydrogen-bond acceptors (Lipinski definition) is 5. The molecule has 0 atom stereocenters. The SMILES string of the molecule is Nc1nccc(-c2cnnn2-c2ccccc2)n1. The van der Waals surface area contributed by atoms with Crippen molar-refractivity contribution in [3.63, 3.8) is 0 Å². The first-order valence-corrected chi connectivity index (χ1v) is 5.39. The fourth-order valence-electron chi connectivity index (χ4n) is 1.69. The van der Waals surface area contributed by atoms with E-state index in [1.165, 1.54) is 0 Å². The largest absolute Gasteiger partial charge is 0.368 e. The minimum atomic E-state index is 0.230. The van der Waals surface area contributed by atoms with Gasteiger partial charge in [0.05, 0.1) is 17.6 Å². The van der Waals surface area contributed by atoms with E-state index in [0.717, 1.165) is 11.4 Å². The van der Waals surface area contributed by atoms with E-state index in [0.29, 0.717) is 5.69 Å². The summed E-state index contributed by atoms with van der Waals surface area (Å²) in [6.45, 7) is 0. The maximum atomic E-state index is 5.58. The standard InChI is InChI=1S/C12H10N6/c13-12-14-7-6-10(16-12)11-8-15-17-18(11)9-4-2-1-3-5-9/h1-8H,(H2,13,14,16). The van der Waals surface area contributed by atoms with Crippen LogP contribution in [0.15, 0.2) is 48.8 Å². The van der Waals surface area contributed by atoms with Crippen molar-refractivity contribution in [2.24, 2.45) is 0 Å². The Kier molecular flexibility index (Phi) is 2.45. The van der Waals surface area contributed by atoms with Crippen LogP contribution in [0.5, 0.6) is 0 Å². The number of benzene rings is 1. The molecule has 0 aliphatic heterocycles. The fraction of sp³-hybridized carbons (Fsp3) is 0. The van der Waals surface area contributed by atoms with Crippen LogP contribution in [0.4, 0.5) is 5.95 Å². The van der Waals surface area contributed by atoms with Crippen molar-refractivity contribution in [3.8, 4) is 17.1 Å². The van der Waals surface area contributed by atoms with Crippen molar-refractivity contribution >= 4 is 5.95 Å². The lowest BCUT2D eigenvalue weighted by molar-refractivity contribution is 0.806. The highest BCUT2D eigenvalue weighted by Gasteiger charge is 2.09. The van der Waals surface area contributed by atoms with Gasteiger partial charge in [-0.05, 0) is 18.2 Å². The zero-order valence-corrected chi connectivity index (χ0v) is 9.43. The first kappa shape index (κ1) is 10.4. The number of nitrogens with zero attached hydrogens (tertiary/aromatic N) is 5. The summed E-state index contributed by atoms with van der Waals surface area (Å²) in [5.74, 6) is 0.230. The number of anilines is 1. The Bertz CT molecular complexity index is 661. The van der Waals surface area contributed by atoms with Gasteiger partial charge in [0.1, 0.15) is 5.69 Å². The van der Waals surface area contributed by atoms with E-state index in [9.17, 15) is 0 Å². The highest BCUT2D eigenvalue weighted by atomic mass is 15.4. The number of hydrogen-bond donors (Lipinski definition) is 1. The molecule has 0 bridgehead atoms. The molecule has 6 heteroatoms. The van der Waals surface area contributed by atoms with E-state index in [1.54, 1.807) is 23.1 Å². The van der Waals surface area contributed by atoms with Gasteiger partial charge in [-0.25, -0.2) is 14.6 Å². The number of aromatic nitrogens is 5. The minimum Gasteiger partial charge on any atom is -0.368 e. The lowest BCUT2D eigenvalue weighted by atomic mass is 10.3. The van der Waals surface area contributed by atoms with Crippen LogP contribution < -0.4 is 5.73 Å². The Morgan fingerprint density at radius 1 is 1.06 bits per heavy atom. The maximum Gasteiger partial charge on any atom is 0.220 e. The monoisotopic (exact) mass is 238 g/mol. The van der Waals surface area contributed by atoms with Crippen LogP contribution in [0.1, 0.15) is 0 Å². The van der Waals surface area contributed by atoms with Crippen molar-refractivity contribution in [2.45, 2.75) is 0 Å². The maximum absolute atomic E-state index is 5.58. The molecule has 0 unspecified atom stereocenters. The van der Waals surface area contributed by atoms with Gasteiger partial charge in [-0.3, -0.25) is 0 Å². The molecule has 6 nitrogen and oxygen atoms in total. The Morgan fingerprint density at radius 2 is 1.89 bits per heavy atom. The van der Waals surface area contributed by atoms with Crippen LogP contribution in [0.25, 0.3) is 17.1 Å². The molecule has 88 valence electrons. The van der Waals surface area contributed by atoms with Crippen molar-refractivity contribution in [3.05, 3.63) is 48.8 Å². The minimum absolute atomic E-state index is 0.230. The molecule has 1 aromatic carbocycles. The van der Waals surface area contributed by atoms with Gasteiger partial charge in [-0.15, -0.1) is 5.10 Å². The number of rotatable bonds is 2. The number of nitrogen functional groups attached to an aromatic ring is 1. The van der Waals surface area contributed by atoms with Crippen LogP contribution in [0, 0.1) is 0 Å². The van der Waals surface area contributed by atoms with Gasteiger partial charge in [-0.2, -0.15) is 0 Å². The Hall–Kier alpha value is -2.76. The van der Waals surface area contributed by atoms with Gasteiger partial charge in [0.2, 0.25) is 5.95 Å². The highest BCUT2D eigenvalue weighted by Crippen LogP contribution is 2.19. The lowest BCUT2D eigenvalue weighted by Crippen LogP contribution is -2.01. The average Bonchev–Trinajstić information content (AvgIpc) is 2.89. The summed E-state index contributed by atoms with van der Waals surface area (Å²) < 4.78 is 1.71. The molecule has 0 fully saturated rings. The smallest absolute Gasteiger partial charge is 0.220 e. The topological polar surface area (TPSA) is 82.5 Å². The molecule has 3 rings (SSSR count). The van der Waals surface area contributed by atoms with Gasteiger partial charge in [0.15, 0.2) is 0 Å². The molecule has 0 aliphatic carbocycles. The quantitative estimate of drug-likeness (QED) is 0.727. The predicted molar refractivity (Wildman–Crippen MR) is 66.8 cm³/mol. The molecule has 2 heterocycles. The highest BCUT2D eigenvalue weighted by molar-refractivity contribution is 5.57. The van der Waals surface area contributed by atoms with Crippen LogP contribution >= 0.6 is 0 Å². The normalized spacial score (nSPS) is 10.4. The summed E-state index contributed by atoms with van der Waals surface area (Å²) in [7, 11) is 0. The third-order valence-corrected chi connectivity index (χ3v) is 2.49. The van der Waals surface area contributed by atoms with Crippen molar-refractivity contribution < 1.29 is 0 Å². The number of nitrogens with two attached hydrogens (primary N) is 1. The van der Waals surface area contributed by atoms with Crippen LogP contribution in [-0.4, -0.2) is 25.0 Å². The summed E-state index contributed by atoms with van der Waals surface area (Å²) in [6.07, 6.45) is 3.26. The molecular formula is C12H10N6. The summed E-state index contributed by atoms with van der Waals surface area (Å²) in [4.78, 5) is 8.04. The van der Waals surface area contributed by atoms with Gasteiger partial charge >= 0.3 is 0 Å². The third-order valence-electron chi connectivity index (χ3n) is 2.49. The first-order valence-electron chi connectivity index (χ1n) is 5.39. The molecule has 0 amide bonds. The van der Waals surface area contributed by atoms with Gasteiger partial charge in [0, 0.05) is 6.20 Å². The van der Waals surface area contributed by atoms with Gasteiger partial charge < -0.3 is 5.73 Å². The summed E-state index contributed by atoms with van der Waals surface area (Å²) in [5.41, 5.74) is 7.96. The second-order valence-corrected chi connectivity index (χ2v) is 3.67. The zero-order chi connectivity index (χ0) is 12.4. The van der Waals surface area contributed by atoms with E-state index >= 15 is 0 Å². The van der Waals surface area contributed by atoms with Crippen LogP contribution in [0.3, 0.4) is 0 Å². The average molecular weight is 238 g/mol. The van der Waals surface area contributed by atoms with E-state index in [1.807, 2.05) is 30.3 Å². The molecular weight excluding hydrogens is 228 g/mol. The predicted octanol–water partition coefficient (Wildman–Crippen LogP) is 1.31. The van der Waals surface area contributed by atoms with Crippen molar-refractivity contribution in [2.75, 3.05) is 5.73 Å². The first-order chi connectivity index (χ1) is 8.84. The summed E-state index contributed by atoms with van der Waals surface area (Å²) >= 11 is 0. The van der Waals surface area contributed by atoms with E-state index in [-0.39, 0.29) is 5.95 Å². The summed E-state index contributed by atoms with van der Waals surface area (Å²) in [5, 5.41) is 7.97. The molecule has 0 saturated heterocycles. The molecule has 2 aromatic heterocycles.